The van der Waals surface area contributed by atoms with E-state index in [4.69, 9.17) is 0 Å². The van der Waals surface area contributed by atoms with E-state index in [-0.39, 0.29) is 12.5 Å². The molecule has 0 rings (SSSR count). The summed E-state index contributed by atoms with van der Waals surface area (Å²) >= 11 is 0. The van der Waals surface area contributed by atoms with Crippen molar-refractivity contribution in [1.29, 1.82) is 0 Å². The molecule has 280 valence electrons. The summed E-state index contributed by atoms with van der Waals surface area (Å²) < 4.78 is 0. The number of carbonyl (C=O) groups excluding carboxylic acids is 1. The summed E-state index contributed by atoms with van der Waals surface area (Å²) in [5.41, 5.74) is 0. The van der Waals surface area contributed by atoms with Crippen LogP contribution in [0.1, 0.15) is 206 Å². The SMILES string of the molecule is CCCCCCCCC/C=C\CCCCCCCCCC(=O)NC(CO)C(O)/C=C/CC/C=C/CC/C=C/CCCCCCCCCC. The van der Waals surface area contributed by atoms with Crippen LogP contribution in [-0.4, -0.2) is 34.9 Å². The van der Waals surface area contributed by atoms with Crippen LogP contribution in [0.5, 0.6) is 0 Å². The molecule has 2 unspecified atom stereocenters. The normalized spacial score (nSPS) is 13.5. The number of hydrogen-bond acceptors (Lipinski definition) is 3. The Morgan fingerprint density at radius 1 is 0.479 bits per heavy atom. The molecule has 0 bridgehead atoms. The minimum Gasteiger partial charge on any atom is -0.394 e. The molecule has 48 heavy (non-hydrogen) atoms. The average Bonchev–Trinajstić information content (AvgIpc) is 3.09. The first-order chi connectivity index (χ1) is 23.7. The van der Waals surface area contributed by atoms with E-state index in [2.05, 4.69) is 55.6 Å². The van der Waals surface area contributed by atoms with Gasteiger partial charge in [0.05, 0.1) is 18.8 Å². The van der Waals surface area contributed by atoms with Gasteiger partial charge in [-0.15, -0.1) is 0 Å². The Balaban J connectivity index is 3.67. The first-order valence-electron chi connectivity index (χ1n) is 20.9. The van der Waals surface area contributed by atoms with Gasteiger partial charge in [-0.1, -0.05) is 178 Å². The third-order valence-corrected chi connectivity index (χ3v) is 9.26. The molecule has 3 N–H and O–H groups in total. The van der Waals surface area contributed by atoms with E-state index in [1.54, 1.807) is 6.08 Å². The number of aliphatic hydroxyl groups excluding tert-OH is 2. The highest BCUT2D eigenvalue weighted by molar-refractivity contribution is 5.76. The number of hydrogen-bond donors (Lipinski definition) is 3. The van der Waals surface area contributed by atoms with Gasteiger partial charge in [0.1, 0.15) is 0 Å². The van der Waals surface area contributed by atoms with Gasteiger partial charge in [0.2, 0.25) is 5.91 Å². The highest BCUT2D eigenvalue weighted by atomic mass is 16.3. The summed E-state index contributed by atoms with van der Waals surface area (Å²) in [7, 11) is 0. The van der Waals surface area contributed by atoms with E-state index >= 15 is 0 Å². The third kappa shape index (κ3) is 35.7. The second-order valence-electron chi connectivity index (χ2n) is 14.0. The minimum atomic E-state index is -0.871. The van der Waals surface area contributed by atoms with Gasteiger partial charge in [0.25, 0.3) is 0 Å². The summed E-state index contributed by atoms with van der Waals surface area (Å²) in [6.07, 6.45) is 53.5. The van der Waals surface area contributed by atoms with Crippen LogP contribution in [0.25, 0.3) is 0 Å². The Bertz CT molecular complexity index is 771. The predicted octanol–water partition coefficient (Wildman–Crippen LogP) is 12.8. The van der Waals surface area contributed by atoms with Crippen LogP contribution in [0.4, 0.5) is 0 Å². The molecule has 0 fully saturated rings. The van der Waals surface area contributed by atoms with Crippen molar-refractivity contribution in [3.05, 3.63) is 48.6 Å². The van der Waals surface area contributed by atoms with Gasteiger partial charge >= 0.3 is 0 Å². The van der Waals surface area contributed by atoms with E-state index in [0.29, 0.717) is 6.42 Å². The molecule has 1 amide bonds. The maximum Gasteiger partial charge on any atom is 0.220 e. The second-order valence-corrected chi connectivity index (χ2v) is 14.0. The lowest BCUT2D eigenvalue weighted by Gasteiger charge is -2.19. The molecule has 0 aliphatic rings. The maximum absolute atomic E-state index is 12.4. The summed E-state index contributed by atoms with van der Waals surface area (Å²) in [5.74, 6) is -0.0837. The number of amides is 1. The molecule has 0 aliphatic carbocycles. The van der Waals surface area contributed by atoms with Crippen LogP contribution in [0.2, 0.25) is 0 Å². The Kier molecular flexibility index (Phi) is 38.4. The molecule has 0 aromatic rings. The smallest absolute Gasteiger partial charge is 0.220 e. The van der Waals surface area contributed by atoms with Crippen molar-refractivity contribution in [3.8, 4) is 0 Å². The maximum atomic E-state index is 12.4. The predicted molar refractivity (Wildman–Crippen MR) is 211 cm³/mol. The van der Waals surface area contributed by atoms with Crippen LogP contribution < -0.4 is 5.32 Å². The molecule has 0 heterocycles. The summed E-state index contributed by atoms with van der Waals surface area (Å²) in [6, 6.07) is -0.647. The zero-order chi connectivity index (χ0) is 35.0. The van der Waals surface area contributed by atoms with Crippen LogP contribution in [0.3, 0.4) is 0 Å². The first kappa shape index (κ1) is 46.4. The standard InChI is InChI=1S/C44H81NO3/c1-3-5-7-9-11-13-15-17-19-21-23-25-27-29-31-33-35-37-39-43(47)42(41-46)45-44(48)40-38-36-34-32-30-28-26-24-22-20-18-16-14-12-10-8-6-4-2/h20-23,29,31,37,39,42-43,46-47H,3-19,24-28,30,32-36,38,40-41H2,1-2H3,(H,45,48)/b22-20-,23-21+,31-29+,39-37+. The van der Waals surface area contributed by atoms with E-state index < -0.39 is 12.1 Å². The molecule has 0 aromatic carbocycles. The Morgan fingerprint density at radius 2 is 0.812 bits per heavy atom. The van der Waals surface area contributed by atoms with Gasteiger partial charge < -0.3 is 15.5 Å². The highest BCUT2D eigenvalue weighted by Gasteiger charge is 2.17. The minimum absolute atomic E-state index is 0.0837. The molecule has 0 aliphatic heterocycles. The van der Waals surface area contributed by atoms with E-state index in [9.17, 15) is 15.0 Å². The molecule has 0 saturated heterocycles. The van der Waals surface area contributed by atoms with Crippen LogP contribution in [0, 0.1) is 0 Å². The molecule has 0 radical (unpaired) electrons. The van der Waals surface area contributed by atoms with Crippen molar-refractivity contribution in [3.63, 3.8) is 0 Å². The number of aliphatic hydroxyl groups is 2. The van der Waals surface area contributed by atoms with E-state index in [1.807, 2.05) is 6.08 Å². The Morgan fingerprint density at radius 3 is 1.21 bits per heavy atom. The van der Waals surface area contributed by atoms with Gasteiger partial charge in [0, 0.05) is 6.42 Å². The molecular weight excluding hydrogens is 590 g/mol. The fourth-order valence-electron chi connectivity index (χ4n) is 6.03. The monoisotopic (exact) mass is 672 g/mol. The van der Waals surface area contributed by atoms with Crippen molar-refractivity contribution in [2.24, 2.45) is 0 Å². The van der Waals surface area contributed by atoms with Gasteiger partial charge in [-0.05, 0) is 70.6 Å². The summed E-state index contributed by atoms with van der Waals surface area (Å²) in [6.45, 7) is 4.28. The number of unbranched alkanes of at least 4 members (excludes halogenated alkanes) is 24. The van der Waals surface area contributed by atoms with Crippen LogP contribution in [-0.2, 0) is 4.79 Å². The lowest BCUT2D eigenvalue weighted by molar-refractivity contribution is -0.123. The summed E-state index contributed by atoms with van der Waals surface area (Å²) in [5, 5.41) is 22.9. The first-order valence-corrected chi connectivity index (χ1v) is 20.9. The molecular formula is C44H81NO3. The number of carbonyl (C=O) groups is 1. The second kappa shape index (κ2) is 39.8. The summed E-state index contributed by atoms with van der Waals surface area (Å²) in [4.78, 5) is 12.4. The van der Waals surface area contributed by atoms with Crippen molar-refractivity contribution >= 4 is 5.91 Å². The topological polar surface area (TPSA) is 69.6 Å². The highest BCUT2D eigenvalue weighted by Crippen LogP contribution is 2.13. The number of allylic oxidation sites excluding steroid dienone is 7. The molecule has 4 heteroatoms. The largest absolute Gasteiger partial charge is 0.394 e. The van der Waals surface area contributed by atoms with E-state index in [1.165, 1.54) is 148 Å². The number of nitrogens with one attached hydrogen (secondary N) is 1. The van der Waals surface area contributed by atoms with Gasteiger partial charge in [-0.2, -0.15) is 0 Å². The van der Waals surface area contributed by atoms with Crippen LogP contribution >= 0.6 is 0 Å². The van der Waals surface area contributed by atoms with Crippen molar-refractivity contribution in [2.45, 2.75) is 219 Å². The molecule has 0 aromatic heterocycles. The number of rotatable bonds is 37. The van der Waals surface area contributed by atoms with Gasteiger partial charge in [-0.3, -0.25) is 4.79 Å². The molecule has 2 atom stereocenters. The lowest BCUT2D eigenvalue weighted by Crippen LogP contribution is -2.45. The molecule has 0 spiro atoms. The Labute approximate surface area is 299 Å². The van der Waals surface area contributed by atoms with E-state index in [0.717, 1.165) is 38.5 Å². The van der Waals surface area contributed by atoms with Crippen molar-refractivity contribution in [1.82, 2.24) is 5.32 Å². The van der Waals surface area contributed by atoms with Gasteiger partial charge in [-0.25, -0.2) is 0 Å². The van der Waals surface area contributed by atoms with Crippen molar-refractivity contribution in [2.75, 3.05) is 6.61 Å². The van der Waals surface area contributed by atoms with Gasteiger partial charge in [0.15, 0.2) is 0 Å². The van der Waals surface area contributed by atoms with Crippen molar-refractivity contribution < 1.29 is 15.0 Å². The zero-order valence-corrected chi connectivity index (χ0v) is 32.0. The fraction of sp³-hybridized carbons (Fsp3) is 0.795. The quantitative estimate of drug-likeness (QED) is 0.0455. The lowest BCUT2D eigenvalue weighted by atomic mass is 10.1. The molecule has 0 saturated carbocycles. The van der Waals surface area contributed by atoms with Crippen LogP contribution in [0.15, 0.2) is 48.6 Å². The molecule has 4 nitrogen and oxygen atoms in total. The third-order valence-electron chi connectivity index (χ3n) is 9.26. The average molecular weight is 672 g/mol. The fourth-order valence-corrected chi connectivity index (χ4v) is 6.03. The zero-order valence-electron chi connectivity index (χ0n) is 32.0. The Hall–Kier alpha value is -1.65.